The van der Waals surface area contributed by atoms with E-state index in [0.717, 1.165) is 11.3 Å². The molecule has 1 aromatic carbocycles. The van der Waals surface area contributed by atoms with Crippen molar-refractivity contribution in [2.24, 2.45) is 0 Å². The van der Waals surface area contributed by atoms with Crippen LogP contribution in [0.3, 0.4) is 0 Å². The Hall–Kier alpha value is -1.59. The molecule has 0 bridgehead atoms. The second-order valence-electron chi connectivity index (χ2n) is 3.17. The number of rotatable bonds is 3. The van der Waals surface area contributed by atoms with Crippen LogP contribution in [0.2, 0.25) is 0 Å². The van der Waals surface area contributed by atoms with Crippen molar-refractivity contribution in [3.05, 3.63) is 48.4 Å². The van der Waals surface area contributed by atoms with Gasteiger partial charge in [0, 0.05) is 11.8 Å². The van der Waals surface area contributed by atoms with Crippen LogP contribution in [-0.4, -0.2) is 18.7 Å². The van der Waals surface area contributed by atoms with Crippen LogP contribution in [0.5, 0.6) is 0 Å². The highest BCUT2D eigenvalue weighted by molar-refractivity contribution is 7.78. The first kappa shape index (κ1) is 10.9. The standard InChI is InChI=1S/C11H10N2O2S/c14-16(15)8-11-12-7-6-10(13-11)9-4-2-1-3-5-9/h1-7H,8H2,(H,14,15)/p-1. The molecule has 4 nitrogen and oxygen atoms in total. The van der Waals surface area contributed by atoms with E-state index in [9.17, 15) is 8.76 Å². The van der Waals surface area contributed by atoms with Crippen LogP contribution in [0.4, 0.5) is 0 Å². The van der Waals surface area contributed by atoms with E-state index in [1.807, 2.05) is 30.3 Å². The molecule has 2 rings (SSSR count). The Balaban J connectivity index is 2.33. The molecule has 0 N–H and O–H groups in total. The van der Waals surface area contributed by atoms with Gasteiger partial charge in [0.1, 0.15) is 5.82 Å². The van der Waals surface area contributed by atoms with Crippen LogP contribution in [-0.2, 0) is 16.8 Å². The highest BCUT2D eigenvalue weighted by atomic mass is 32.2. The lowest BCUT2D eigenvalue weighted by atomic mass is 10.1. The summed E-state index contributed by atoms with van der Waals surface area (Å²) in [6.07, 6.45) is 1.57. The molecule has 0 aliphatic rings. The highest BCUT2D eigenvalue weighted by Gasteiger charge is 2.01. The molecule has 1 heterocycles. The summed E-state index contributed by atoms with van der Waals surface area (Å²) in [5.41, 5.74) is 1.68. The molecule has 0 amide bonds. The van der Waals surface area contributed by atoms with Gasteiger partial charge in [-0.1, -0.05) is 30.3 Å². The van der Waals surface area contributed by atoms with E-state index in [2.05, 4.69) is 9.97 Å². The van der Waals surface area contributed by atoms with E-state index >= 15 is 0 Å². The topological polar surface area (TPSA) is 65.9 Å². The van der Waals surface area contributed by atoms with Crippen LogP contribution in [0, 0.1) is 0 Å². The molecule has 82 valence electrons. The van der Waals surface area contributed by atoms with Crippen LogP contribution in [0.15, 0.2) is 42.6 Å². The molecule has 0 spiro atoms. The van der Waals surface area contributed by atoms with Gasteiger partial charge in [0.05, 0.1) is 11.4 Å². The minimum atomic E-state index is -2.16. The second kappa shape index (κ2) is 4.96. The number of aromatic nitrogens is 2. The molecule has 0 fully saturated rings. The lowest BCUT2D eigenvalue weighted by molar-refractivity contribution is 0.535. The Morgan fingerprint density at radius 1 is 1.19 bits per heavy atom. The summed E-state index contributed by atoms with van der Waals surface area (Å²) in [5, 5.41) is 0. The fraction of sp³-hybridized carbons (Fsp3) is 0.0909. The summed E-state index contributed by atoms with van der Waals surface area (Å²) in [5.74, 6) is 0.162. The minimum absolute atomic E-state index is 0.152. The van der Waals surface area contributed by atoms with Crippen molar-refractivity contribution in [1.29, 1.82) is 0 Å². The van der Waals surface area contributed by atoms with Crippen LogP contribution in [0.1, 0.15) is 5.82 Å². The summed E-state index contributed by atoms with van der Waals surface area (Å²) in [7, 11) is 0. The summed E-state index contributed by atoms with van der Waals surface area (Å²) >= 11 is -2.16. The molecule has 5 heteroatoms. The summed E-state index contributed by atoms with van der Waals surface area (Å²) in [6, 6.07) is 11.3. The number of nitrogens with zero attached hydrogens (tertiary/aromatic N) is 2. The zero-order valence-electron chi connectivity index (χ0n) is 8.37. The van der Waals surface area contributed by atoms with Crippen molar-refractivity contribution < 1.29 is 8.76 Å². The zero-order chi connectivity index (χ0) is 11.4. The molecule has 0 saturated carbocycles. The smallest absolute Gasteiger partial charge is 0.140 e. The van der Waals surface area contributed by atoms with E-state index in [0.29, 0.717) is 5.82 Å². The molecule has 0 aliphatic heterocycles. The van der Waals surface area contributed by atoms with E-state index < -0.39 is 11.1 Å². The second-order valence-corrected chi connectivity index (χ2v) is 4.07. The van der Waals surface area contributed by atoms with Crippen LogP contribution < -0.4 is 0 Å². The summed E-state index contributed by atoms with van der Waals surface area (Å²) < 4.78 is 21.1. The summed E-state index contributed by atoms with van der Waals surface area (Å²) in [4.78, 5) is 8.08. The van der Waals surface area contributed by atoms with Crippen LogP contribution >= 0.6 is 0 Å². The maximum atomic E-state index is 10.5. The monoisotopic (exact) mass is 233 g/mol. The Bertz CT molecular complexity index is 502. The predicted molar refractivity (Wildman–Crippen MR) is 60.1 cm³/mol. The molecule has 16 heavy (non-hydrogen) atoms. The van der Waals surface area contributed by atoms with Crippen LogP contribution in [0.25, 0.3) is 11.3 Å². The minimum Gasteiger partial charge on any atom is -0.772 e. The van der Waals surface area contributed by atoms with Gasteiger partial charge in [-0.15, -0.1) is 0 Å². The highest BCUT2D eigenvalue weighted by Crippen LogP contribution is 2.15. The Kier molecular flexibility index (Phi) is 3.38. The average molecular weight is 233 g/mol. The Morgan fingerprint density at radius 2 is 1.94 bits per heavy atom. The first-order valence-corrected chi connectivity index (χ1v) is 5.93. The maximum absolute atomic E-state index is 10.5. The van der Waals surface area contributed by atoms with E-state index in [4.69, 9.17) is 0 Å². The Morgan fingerprint density at radius 3 is 2.62 bits per heavy atom. The van der Waals surface area contributed by atoms with E-state index in [1.54, 1.807) is 12.3 Å². The largest absolute Gasteiger partial charge is 0.772 e. The first-order valence-electron chi connectivity index (χ1n) is 4.69. The first-order chi connectivity index (χ1) is 7.75. The van der Waals surface area contributed by atoms with Crippen molar-refractivity contribution >= 4 is 11.1 Å². The van der Waals surface area contributed by atoms with E-state index in [1.165, 1.54) is 0 Å². The predicted octanol–water partition coefficient (Wildman–Crippen LogP) is 1.52. The molecule has 1 atom stereocenters. The lowest BCUT2D eigenvalue weighted by Crippen LogP contribution is -2.00. The van der Waals surface area contributed by atoms with Crippen molar-refractivity contribution in [3.63, 3.8) is 0 Å². The van der Waals surface area contributed by atoms with E-state index in [-0.39, 0.29) is 5.75 Å². The van der Waals surface area contributed by atoms with Gasteiger partial charge in [-0.05, 0) is 17.1 Å². The number of hydrogen-bond acceptors (Lipinski definition) is 4. The molecular formula is C11H9N2O2S-. The van der Waals surface area contributed by atoms with Gasteiger partial charge in [0.15, 0.2) is 0 Å². The summed E-state index contributed by atoms with van der Waals surface area (Å²) in [6.45, 7) is 0. The fourth-order valence-corrected chi connectivity index (χ4v) is 1.69. The molecule has 2 aromatic rings. The van der Waals surface area contributed by atoms with Crippen molar-refractivity contribution in [2.45, 2.75) is 5.75 Å². The van der Waals surface area contributed by atoms with Gasteiger partial charge in [-0.25, -0.2) is 9.97 Å². The molecular weight excluding hydrogens is 224 g/mol. The third kappa shape index (κ3) is 2.71. The molecule has 0 radical (unpaired) electrons. The van der Waals surface area contributed by atoms with Gasteiger partial charge in [-0.3, -0.25) is 4.21 Å². The quantitative estimate of drug-likeness (QED) is 0.754. The number of hydrogen-bond donors (Lipinski definition) is 0. The molecule has 0 aliphatic carbocycles. The van der Waals surface area contributed by atoms with Gasteiger partial charge in [0.25, 0.3) is 0 Å². The van der Waals surface area contributed by atoms with Crippen molar-refractivity contribution in [1.82, 2.24) is 9.97 Å². The van der Waals surface area contributed by atoms with Gasteiger partial charge >= 0.3 is 0 Å². The third-order valence-electron chi connectivity index (χ3n) is 2.02. The Labute approximate surface area is 95.7 Å². The molecule has 1 unspecified atom stereocenters. The van der Waals surface area contributed by atoms with Crippen molar-refractivity contribution in [2.75, 3.05) is 0 Å². The lowest BCUT2D eigenvalue weighted by Gasteiger charge is -2.05. The van der Waals surface area contributed by atoms with Gasteiger partial charge < -0.3 is 4.55 Å². The average Bonchev–Trinajstić information content (AvgIpc) is 2.30. The fourth-order valence-electron chi connectivity index (χ4n) is 1.34. The zero-order valence-corrected chi connectivity index (χ0v) is 9.18. The third-order valence-corrected chi connectivity index (χ3v) is 2.52. The van der Waals surface area contributed by atoms with Crippen molar-refractivity contribution in [3.8, 4) is 11.3 Å². The van der Waals surface area contributed by atoms with Gasteiger partial charge in [-0.2, -0.15) is 0 Å². The normalized spacial score (nSPS) is 12.3. The molecule has 0 saturated heterocycles. The maximum Gasteiger partial charge on any atom is 0.140 e. The molecule has 1 aromatic heterocycles. The number of benzene rings is 1. The SMILES string of the molecule is O=S([O-])Cc1nccc(-c2ccccc2)n1. The van der Waals surface area contributed by atoms with Gasteiger partial charge in [0.2, 0.25) is 0 Å².